The molecule has 2 heterocycles. The highest BCUT2D eigenvalue weighted by Gasteiger charge is 2.34. The summed E-state index contributed by atoms with van der Waals surface area (Å²) in [6.07, 6.45) is 0.915. The van der Waals surface area contributed by atoms with E-state index in [4.69, 9.17) is 11.6 Å². The number of nitrogens with one attached hydrogen (secondary N) is 4. The highest BCUT2D eigenvalue weighted by molar-refractivity contribution is 6.30. The highest BCUT2D eigenvalue weighted by Crippen LogP contribution is 2.33. The van der Waals surface area contributed by atoms with E-state index in [0.717, 1.165) is 17.5 Å². The van der Waals surface area contributed by atoms with Gasteiger partial charge in [-0.15, -0.1) is 0 Å². The summed E-state index contributed by atoms with van der Waals surface area (Å²) in [4.78, 5) is 83.5. The van der Waals surface area contributed by atoms with E-state index in [1.165, 1.54) is 24.9 Å². The molecule has 2 aliphatic heterocycles. The molecule has 4 aromatic carbocycles. The van der Waals surface area contributed by atoms with E-state index in [1.54, 1.807) is 84.6 Å². The van der Waals surface area contributed by atoms with Crippen LogP contribution in [-0.2, 0) is 30.4 Å². The third kappa shape index (κ3) is 9.01. The van der Waals surface area contributed by atoms with Gasteiger partial charge < -0.3 is 36.2 Å². The SMILES string of the molecule is C[C@@H]1NC(=O)C(N(C)C(=O)CNC(=O)c2ccc(-c3ccc(Cl)cc3)cc2)c2cccc(c2)-c2cc(ccc2O)CC(C(=O)N[C@@H](C)C(=O)N2CCC2)NC1=O. The molecule has 1 saturated heterocycles. The van der Waals surface area contributed by atoms with Crippen LogP contribution >= 0.6 is 11.6 Å². The number of hydrogen-bond acceptors (Lipinski definition) is 7. The average Bonchev–Trinajstić information content (AvgIpc) is 3.16. The number of halogens is 1. The van der Waals surface area contributed by atoms with Crippen molar-refractivity contribution in [2.24, 2.45) is 0 Å². The van der Waals surface area contributed by atoms with Crippen molar-refractivity contribution >= 4 is 47.0 Å². The molecule has 4 atom stereocenters. The second kappa shape index (κ2) is 17.1. The molecule has 4 aromatic rings. The van der Waals surface area contributed by atoms with Crippen molar-refractivity contribution in [3.05, 3.63) is 113 Å². The molecule has 6 amide bonds. The lowest BCUT2D eigenvalue weighted by molar-refractivity contribution is -0.140. The summed E-state index contributed by atoms with van der Waals surface area (Å²) in [5.41, 5.74) is 4.04. The Bertz CT molecular complexity index is 2160. The number of fused-ring (bicyclic) bond motifs is 5. The molecular weight excluding hydrogens is 736 g/mol. The standard InChI is InChI=1S/C42H43ClN6O7/c1-24-38(52)47-34(40(54)46-25(2)42(56)49-18-5-19-49)21-26-8-17-35(50)33(20-26)30-6-4-7-31(22-30)37(41(55)45-24)48(3)36(51)23-44-39(53)29-11-9-27(10-12-29)28-13-15-32(43)16-14-28/h4,6-17,20,22,24-25,34,37,50H,5,18-19,21,23H2,1-3H3,(H,44,53)(H,45,55)(H,46,54)(H,47,52)/t24-,25-,34?,37?/m0/s1. The largest absolute Gasteiger partial charge is 0.507 e. The van der Waals surface area contributed by atoms with Gasteiger partial charge in [-0.25, -0.2) is 0 Å². The molecule has 0 aliphatic carbocycles. The minimum absolute atomic E-state index is 0.0217. The van der Waals surface area contributed by atoms with E-state index < -0.39 is 60.2 Å². The first-order valence-electron chi connectivity index (χ1n) is 18.3. The van der Waals surface area contributed by atoms with Gasteiger partial charge in [0.05, 0.1) is 6.54 Å². The Hall–Kier alpha value is -6.21. The van der Waals surface area contributed by atoms with Crippen molar-refractivity contribution in [1.29, 1.82) is 0 Å². The van der Waals surface area contributed by atoms with E-state index >= 15 is 0 Å². The number of carbonyl (C=O) groups excluding carboxylic acids is 6. The third-order valence-electron chi connectivity index (χ3n) is 10.0. The summed E-state index contributed by atoms with van der Waals surface area (Å²) in [5, 5.41) is 22.3. The third-order valence-corrected chi connectivity index (χ3v) is 10.3. The quantitative estimate of drug-likeness (QED) is 0.182. The van der Waals surface area contributed by atoms with Crippen LogP contribution in [0.5, 0.6) is 5.75 Å². The van der Waals surface area contributed by atoms with Crippen LogP contribution in [0.1, 0.15) is 47.8 Å². The van der Waals surface area contributed by atoms with Crippen LogP contribution in [0.25, 0.3) is 22.3 Å². The maximum atomic E-state index is 14.0. The number of hydrogen-bond donors (Lipinski definition) is 5. The summed E-state index contributed by atoms with van der Waals surface area (Å²) in [6, 6.07) is 21.3. The summed E-state index contributed by atoms with van der Waals surface area (Å²) >= 11 is 6.00. The molecule has 13 nitrogen and oxygen atoms in total. The van der Waals surface area contributed by atoms with Crippen molar-refractivity contribution in [2.75, 3.05) is 26.7 Å². The first kappa shape index (κ1) is 39.5. The molecule has 2 unspecified atom stereocenters. The van der Waals surface area contributed by atoms with Crippen LogP contribution < -0.4 is 21.3 Å². The zero-order chi connectivity index (χ0) is 40.1. The van der Waals surface area contributed by atoms with Gasteiger partial charge in [-0.2, -0.15) is 0 Å². The number of likely N-dealkylation sites (N-methyl/N-ethyl adjacent to an activating group) is 1. The first-order valence-corrected chi connectivity index (χ1v) is 18.7. The van der Waals surface area contributed by atoms with E-state index in [9.17, 15) is 33.9 Å². The van der Waals surface area contributed by atoms with Gasteiger partial charge in [0.1, 0.15) is 29.9 Å². The fraction of sp³-hybridized carbons (Fsp3) is 0.286. The molecule has 0 radical (unpaired) electrons. The smallest absolute Gasteiger partial charge is 0.251 e. The lowest BCUT2D eigenvalue weighted by Crippen LogP contribution is -2.58. The first-order chi connectivity index (χ1) is 26.8. The van der Waals surface area contributed by atoms with Crippen LogP contribution in [0.2, 0.25) is 5.02 Å². The minimum Gasteiger partial charge on any atom is -0.507 e. The zero-order valence-electron chi connectivity index (χ0n) is 31.2. The Kier molecular flexibility index (Phi) is 12.0. The Labute approximate surface area is 329 Å². The maximum absolute atomic E-state index is 14.0. The van der Waals surface area contributed by atoms with Gasteiger partial charge in [0.2, 0.25) is 29.5 Å². The molecule has 0 saturated carbocycles. The summed E-state index contributed by atoms with van der Waals surface area (Å²) in [5.74, 6) is -3.35. The number of phenols is 1. The molecule has 56 heavy (non-hydrogen) atoms. The van der Waals surface area contributed by atoms with E-state index in [1.807, 2.05) is 12.1 Å². The summed E-state index contributed by atoms with van der Waals surface area (Å²) in [6.45, 7) is 3.83. The van der Waals surface area contributed by atoms with Crippen LogP contribution in [0, 0.1) is 0 Å². The number of aromatic hydroxyl groups is 1. The molecule has 1 fully saturated rings. The predicted molar refractivity (Wildman–Crippen MR) is 210 cm³/mol. The second-order valence-electron chi connectivity index (χ2n) is 14.1. The predicted octanol–water partition coefficient (Wildman–Crippen LogP) is 3.59. The zero-order valence-corrected chi connectivity index (χ0v) is 31.9. The normalized spacial score (nSPS) is 18.6. The van der Waals surface area contributed by atoms with Crippen LogP contribution in [0.3, 0.4) is 0 Å². The molecule has 0 aromatic heterocycles. The Morgan fingerprint density at radius 2 is 1.57 bits per heavy atom. The van der Waals surface area contributed by atoms with Crippen molar-refractivity contribution < 1.29 is 33.9 Å². The fourth-order valence-electron chi connectivity index (χ4n) is 6.64. The summed E-state index contributed by atoms with van der Waals surface area (Å²) < 4.78 is 0. The Balaban J connectivity index is 1.22. The Morgan fingerprint density at radius 3 is 2.23 bits per heavy atom. The van der Waals surface area contributed by atoms with Gasteiger partial charge >= 0.3 is 0 Å². The number of likely N-dealkylation sites (tertiary alicyclic amines) is 1. The van der Waals surface area contributed by atoms with Crippen molar-refractivity contribution in [3.63, 3.8) is 0 Å². The van der Waals surface area contributed by atoms with Gasteiger partial charge in [-0.05, 0) is 90.6 Å². The summed E-state index contributed by atoms with van der Waals surface area (Å²) in [7, 11) is 1.42. The number of rotatable bonds is 8. The minimum atomic E-state index is -1.27. The van der Waals surface area contributed by atoms with E-state index in [-0.39, 0.29) is 18.1 Å². The lowest BCUT2D eigenvalue weighted by atomic mass is 9.94. The molecule has 5 N–H and O–H groups in total. The maximum Gasteiger partial charge on any atom is 0.251 e. The van der Waals surface area contributed by atoms with Gasteiger partial charge in [0.25, 0.3) is 5.91 Å². The second-order valence-corrected chi connectivity index (χ2v) is 14.5. The number of benzene rings is 4. The molecular formula is C42H43ClN6O7. The van der Waals surface area contributed by atoms with Crippen LogP contribution in [-0.4, -0.2) is 95.2 Å². The molecule has 290 valence electrons. The number of carbonyl (C=O) groups is 6. The number of amides is 6. The van der Waals surface area contributed by atoms with Crippen molar-refractivity contribution in [3.8, 4) is 28.0 Å². The number of nitrogens with zero attached hydrogens (tertiary/aromatic N) is 2. The van der Waals surface area contributed by atoms with Crippen LogP contribution in [0.15, 0.2) is 91.0 Å². The average molecular weight is 779 g/mol. The van der Waals surface area contributed by atoms with E-state index in [0.29, 0.717) is 45.9 Å². The van der Waals surface area contributed by atoms with Crippen LogP contribution in [0.4, 0.5) is 0 Å². The highest BCUT2D eigenvalue weighted by atomic mass is 35.5. The Morgan fingerprint density at radius 1 is 0.893 bits per heavy atom. The van der Waals surface area contributed by atoms with E-state index in [2.05, 4.69) is 21.3 Å². The van der Waals surface area contributed by atoms with Gasteiger partial charge in [-0.1, -0.05) is 60.1 Å². The fourth-order valence-corrected chi connectivity index (χ4v) is 6.76. The number of phenolic OH excluding ortho intramolecular Hbond substituents is 1. The van der Waals surface area contributed by atoms with Gasteiger partial charge in [-0.3, -0.25) is 28.8 Å². The molecule has 2 aliphatic rings. The van der Waals surface area contributed by atoms with Gasteiger partial charge in [0, 0.05) is 42.7 Å². The molecule has 4 bridgehead atoms. The topological polar surface area (TPSA) is 177 Å². The molecule has 0 spiro atoms. The van der Waals surface area contributed by atoms with Crippen molar-refractivity contribution in [2.45, 2.75) is 50.9 Å². The van der Waals surface area contributed by atoms with Crippen molar-refractivity contribution in [1.82, 2.24) is 31.1 Å². The monoisotopic (exact) mass is 778 g/mol. The van der Waals surface area contributed by atoms with Gasteiger partial charge in [0.15, 0.2) is 0 Å². The molecule has 6 rings (SSSR count). The lowest BCUT2D eigenvalue weighted by Gasteiger charge is -2.33. The molecule has 14 heteroatoms.